The first-order chi connectivity index (χ1) is 10.3. The minimum Gasteiger partial charge on any atom is -0.272 e. The molecule has 0 amide bonds. The fourth-order valence-corrected chi connectivity index (χ4v) is 1.83. The van der Waals surface area contributed by atoms with Crippen LogP contribution in [0.5, 0.6) is 0 Å². The first-order valence-corrected chi connectivity index (χ1v) is 5.62. The molecule has 1 heterocycles. The molecule has 0 spiro atoms. The van der Waals surface area contributed by atoms with Gasteiger partial charge in [-0.2, -0.15) is 0 Å². The Labute approximate surface area is 120 Å². The topological polar surface area (TPSA) is 151 Å². The van der Waals surface area contributed by atoms with Gasteiger partial charge in [0.25, 0.3) is 11.2 Å². The van der Waals surface area contributed by atoms with Gasteiger partial charge in [-0.3, -0.25) is 39.7 Å². The van der Waals surface area contributed by atoms with Crippen molar-refractivity contribution in [2.24, 2.45) is 0 Å². The first kappa shape index (κ1) is 14.8. The molecule has 2 aromatic rings. The molecular formula is C11H6N4O7. The van der Waals surface area contributed by atoms with Crippen LogP contribution >= 0.6 is 0 Å². The molecule has 0 saturated carbocycles. The number of pyridine rings is 1. The van der Waals surface area contributed by atoms with E-state index >= 15 is 0 Å². The lowest BCUT2D eigenvalue weighted by Gasteiger charge is -2.06. The van der Waals surface area contributed by atoms with Crippen molar-refractivity contribution in [2.45, 2.75) is 0 Å². The quantitative estimate of drug-likeness (QED) is 0.613. The predicted octanol–water partition coefficient (Wildman–Crippen LogP) is 1.56. The summed E-state index contributed by atoms with van der Waals surface area (Å²) in [6.07, 6.45) is 1.10. The predicted molar refractivity (Wildman–Crippen MR) is 72.0 cm³/mol. The number of aromatic nitrogens is 1. The molecule has 0 aliphatic rings. The molecule has 0 saturated heterocycles. The highest BCUT2D eigenvalue weighted by Gasteiger charge is 2.32. The van der Waals surface area contributed by atoms with Crippen LogP contribution in [0.2, 0.25) is 0 Å². The molecule has 11 heteroatoms. The Morgan fingerprint density at radius 3 is 1.82 bits per heavy atom. The fourth-order valence-electron chi connectivity index (χ4n) is 1.83. The van der Waals surface area contributed by atoms with E-state index in [0.29, 0.717) is 16.7 Å². The van der Waals surface area contributed by atoms with E-state index in [2.05, 4.69) is 0 Å². The zero-order valence-electron chi connectivity index (χ0n) is 10.6. The van der Waals surface area contributed by atoms with Crippen LogP contribution in [-0.2, 0) is 0 Å². The highest BCUT2D eigenvalue weighted by molar-refractivity contribution is 5.69. The van der Waals surface area contributed by atoms with E-state index in [1.54, 1.807) is 0 Å². The molecule has 0 aliphatic heterocycles. The van der Waals surface area contributed by atoms with Gasteiger partial charge in [0.2, 0.25) is 5.69 Å². The van der Waals surface area contributed by atoms with Crippen molar-refractivity contribution < 1.29 is 14.8 Å². The highest BCUT2D eigenvalue weighted by Crippen LogP contribution is 2.35. The van der Waals surface area contributed by atoms with Crippen LogP contribution in [0, 0.1) is 30.3 Å². The Kier molecular flexibility index (Phi) is 3.62. The lowest BCUT2D eigenvalue weighted by Crippen LogP contribution is -2.18. The van der Waals surface area contributed by atoms with E-state index in [9.17, 15) is 35.1 Å². The molecular weight excluding hydrogens is 300 g/mol. The van der Waals surface area contributed by atoms with E-state index in [4.69, 9.17) is 0 Å². The lowest BCUT2D eigenvalue weighted by atomic mass is 10.2. The van der Waals surface area contributed by atoms with Crippen LogP contribution in [0.4, 0.5) is 17.1 Å². The molecule has 0 unspecified atom stereocenters. The maximum absolute atomic E-state index is 11.8. The second-order valence-corrected chi connectivity index (χ2v) is 4.01. The second-order valence-electron chi connectivity index (χ2n) is 4.01. The molecule has 112 valence electrons. The van der Waals surface area contributed by atoms with Crippen LogP contribution in [0.15, 0.2) is 41.3 Å². The van der Waals surface area contributed by atoms with E-state index in [-0.39, 0.29) is 0 Å². The maximum Gasteiger partial charge on any atom is 0.307 e. The van der Waals surface area contributed by atoms with Crippen LogP contribution in [-0.4, -0.2) is 19.3 Å². The zero-order chi connectivity index (χ0) is 16.4. The molecule has 0 N–H and O–H groups in total. The summed E-state index contributed by atoms with van der Waals surface area (Å²) in [6, 6.07) is 4.89. The van der Waals surface area contributed by atoms with E-state index in [1.165, 1.54) is 12.1 Å². The highest BCUT2D eigenvalue weighted by atomic mass is 16.6. The number of non-ortho nitro benzene ring substituents is 1. The van der Waals surface area contributed by atoms with E-state index in [1.807, 2.05) is 0 Å². The monoisotopic (exact) mass is 306 g/mol. The Morgan fingerprint density at radius 1 is 0.864 bits per heavy atom. The Balaban J connectivity index is 2.95. The fraction of sp³-hybridized carbons (Fsp3) is 0. The maximum atomic E-state index is 11.8. The van der Waals surface area contributed by atoms with Crippen molar-refractivity contribution in [1.82, 2.24) is 4.57 Å². The normalized spacial score (nSPS) is 10.2. The molecule has 11 nitrogen and oxygen atoms in total. The van der Waals surface area contributed by atoms with Gasteiger partial charge < -0.3 is 0 Å². The van der Waals surface area contributed by atoms with Gasteiger partial charge in [0, 0.05) is 12.3 Å². The third-order valence-electron chi connectivity index (χ3n) is 2.72. The summed E-state index contributed by atoms with van der Waals surface area (Å²) in [5.41, 5.74) is -4.01. The lowest BCUT2D eigenvalue weighted by molar-refractivity contribution is -0.402. The summed E-state index contributed by atoms with van der Waals surface area (Å²) in [5.74, 6) is 0. The Morgan fingerprint density at radius 2 is 1.41 bits per heavy atom. The number of nitrogens with zero attached hydrogens (tertiary/aromatic N) is 4. The summed E-state index contributed by atoms with van der Waals surface area (Å²) < 4.78 is 0.694. The molecule has 2 rings (SSSR count). The van der Waals surface area contributed by atoms with Crippen LogP contribution in [0.3, 0.4) is 0 Å². The molecule has 0 bridgehead atoms. The Hall–Kier alpha value is -3.63. The number of benzene rings is 1. The third-order valence-corrected chi connectivity index (χ3v) is 2.72. The van der Waals surface area contributed by atoms with E-state index < -0.39 is 43.1 Å². The third kappa shape index (κ3) is 2.49. The molecule has 1 aromatic heterocycles. The van der Waals surface area contributed by atoms with Crippen molar-refractivity contribution >= 4 is 17.1 Å². The van der Waals surface area contributed by atoms with Gasteiger partial charge in [0.1, 0.15) is 0 Å². The average molecular weight is 306 g/mol. The Bertz CT molecular complexity index is 823. The van der Waals surface area contributed by atoms with Crippen LogP contribution in [0.1, 0.15) is 0 Å². The SMILES string of the molecule is O=c1ccccn1-c1c([N+](=O)[O-])cc([N+](=O)[O-])cc1[N+](=O)[O-]. The standard InChI is InChI=1S/C11H6N4O7/c16-10-3-1-2-4-12(10)11-8(14(19)20)5-7(13(17)18)6-9(11)15(21)22/h1-6H. The van der Waals surface area contributed by atoms with Crippen molar-refractivity contribution in [3.63, 3.8) is 0 Å². The summed E-state index contributed by atoms with van der Waals surface area (Å²) in [4.78, 5) is 41.7. The van der Waals surface area contributed by atoms with Crippen molar-refractivity contribution in [3.05, 3.63) is 77.2 Å². The smallest absolute Gasteiger partial charge is 0.272 e. The molecule has 0 atom stereocenters. The van der Waals surface area contributed by atoms with Crippen molar-refractivity contribution in [3.8, 4) is 5.69 Å². The molecule has 0 fully saturated rings. The number of hydrogen-bond donors (Lipinski definition) is 0. The molecule has 1 aromatic carbocycles. The minimum atomic E-state index is -1.02. The van der Waals surface area contributed by atoms with Gasteiger partial charge in [-0.05, 0) is 6.07 Å². The minimum absolute atomic E-state index is 0.571. The molecule has 0 aliphatic carbocycles. The van der Waals surface area contributed by atoms with Gasteiger partial charge in [0.05, 0.1) is 26.9 Å². The van der Waals surface area contributed by atoms with Crippen molar-refractivity contribution in [2.75, 3.05) is 0 Å². The zero-order valence-corrected chi connectivity index (χ0v) is 10.6. The molecule has 0 radical (unpaired) electrons. The van der Waals surface area contributed by atoms with Gasteiger partial charge in [-0.15, -0.1) is 0 Å². The summed E-state index contributed by atoms with van der Waals surface area (Å²) in [5, 5.41) is 33.0. The van der Waals surface area contributed by atoms with Gasteiger partial charge in [-0.25, -0.2) is 0 Å². The van der Waals surface area contributed by atoms with Gasteiger partial charge >= 0.3 is 11.4 Å². The summed E-state index contributed by atoms with van der Waals surface area (Å²) >= 11 is 0. The number of rotatable bonds is 4. The van der Waals surface area contributed by atoms with Crippen LogP contribution < -0.4 is 5.56 Å². The van der Waals surface area contributed by atoms with Crippen LogP contribution in [0.25, 0.3) is 5.69 Å². The van der Waals surface area contributed by atoms with Gasteiger partial charge in [0.15, 0.2) is 0 Å². The molecule has 22 heavy (non-hydrogen) atoms. The van der Waals surface area contributed by atoms with E-state index in [0.717, 1.165) is 12.3 Å². The average Bonchev–Trinajstić information content (AvgIpc) is 2.46. The second kappa shape index (κ2) is 5.40. The largest absolute Gasteiger partial charge is 0.307 e. The van der Waals surface area contributed by atoms with Crippen molar-refractivity contribution in [1.29, 1.82) is 0 Å². The summed E-state index contributed by atoms with van der Waals surface area (Å²) in [7, 11) is 0. The summed E-state index contributed by atoms with van der Waals surface area (Å²) in [6.45, 7) is 0. The van der Waals surface area contributed by atoms with Gasteiger partial charge in [-0.1, -0.05) is 6.07 Å². The number of nitro groups is 3. The number of hydrogen-bond acceptors (Lipinski definition) is 7. The number of nitro benzene ring substituents is 3. The first-order valence-electron chi connectivity index (χ1n) is 5.62.